The number of rotatable bonds is 8. The second-order valence-electron chi connectivity index (χ2n) is 12.1. The van der Waals surface area contributed by atoms with E-state index in [0.717, 1.165) is 74.9 Å². The van der Waals surface area contributed by atoms with Gasteiger partial charge in [-0.05, 0) is 125 Å². The fourth-order valence-corrected chi connectivity index (χ4v) is 8.70. The van der Waals surface area contributed by atoms with Gasteiger partial charge in [-0.15, -0.1) is 0 Å². The summed E-state index contributed by atoms with van der Waals surface area (Å²) in [5.41, 5.74) is -0.0728. The molecule has 3 heteroatoms. The molecular formula is C27H48O3. The van der Waals surface area contributed by atoms with Crippen molar-refractivity contribution in [3.8, 4) is 0 Å². The Bertz CT molecular complexity index is 560. The van der Waals surface area contributed by atoms with Crippen LogP contribution in [0, 0.1) is 40.9 Å². The highest BCUT2D eigenvalue weighted by molar-refractivity contribution is 5.07. The minimum atomic E-state index is -0.417. The van der Waals surface area contributed by atoms with Crippen LogP contribution in [0.4, 0.5) is 0 Å². The van der Waals surface area contributed by atoms with Gasteiger partial charge in [0.1, 0.15) is 0 Å². The summed E-state index contributed by atoms with van der Waals surface area (Å²) in [5, 5.41) is 21.7. The molecular weight excluding hydrogens is 372 g/mol. The van der Waals surface area contributed by atoms with Gasteiger partial charge < -0.3 is 14.9 Å². The molecule has 0 spiro atoms. The molecule has 9 atom stereocenters. The highest BCUT2D eigenvalue weighted by atomic mass is 16.5. The molecule has 1 unspecified atom stereocenters. The van der Waals surface area contributed by atoms with E-state index in [1.807, 2.05) is 0 Å². The number of unbranched alkanes of at least 4 members (excludes halogenated alkanes) is 1. The van der Waals surface area contributed by atoms with E-state index in [0.29, 0.717) is 11.3 Å². The Labute approximate surface area is 185 Å². The van der Waals surface area contributed by atoms with Gasteiger partial charge in [0.2, 0.25) is 0 Å². The van der Waals surface area contributed by atoms with Crippen LogP contribution in [-0.4, -0.2) is 35.1 Å². The first-order chi connectivity index (χ1) is 14.4. The standard InChI is InChI=1S/C27H48O3/c1-4-5-16-30-17-6-7-25(28)24-11-10-23-22-9-8-19-18-26(2,29)14-12-20(19)21(22)13-15-27(23,24)3/h19-25,28-29H,4-18H2,1-3H3/t19-,20+,21-,22-,23+,24-,25?,26-,27+/m1/s1. The summed E-state index contributed by atoms with van der Waals surface area (Å²) in [5.74, 6) is 4.69. The van der Waals surface area contributed by atoms with Crippen LogP contribution in [0.15, 0.2) is 0 Å². The van der Waals surface area contributed by atoms with Crippen LogP contribution >= 0.6 is 0 Å². The van der Waals surface area contributed by atoms with Gasteiger partial charge >= 0.3 is 0 Å². The van der Waals surface area contributed by atoms with E-state index in [4.69, 9.17) is 4.74 Å². The van der Waals surface area contributed by atoms with Gasteiger partial charge in [0.05, 0.1) is 11.7 Å². The molecule has 30 heavy (non-hydrogen) atoms. The Morgan fingerprint density at radius 2 is 1.67 bits per heavy atom. The van der Waals surface area contributed by atoms with Gasteiger partial charge in [0, 0.05) is 13.2 Å². The molecule has 0 radical (unpaired) electrons. The normalized spacial score (nSPS) is 46.7. The summed E-state index contributed by atoms with van der Waals surface area (Å²) in [4.78, 5) is 0. The lowest BCUT2D eigenvalue weighted by Gasteiger charge is -2.57. The Kier molecular flexibility index (Phi) is 7.22. The molecule has 0 aromatic carbocycles. The van der Waals surface area contributed by atoms with Crippen molar-refractivity contribution in [2.24, 2.45) is 40.9 Å². The highest BCUT2D eigenvalue weighted by Gasteiger charge is 2.58. The lowest BCUT2D eigenvalue weighted by atomic mass is 9.49. The molecule has 4 fully saturated rings. The minimum absolute atomic E-state index is 0.146. The van der Waals surface area contributed by atoms with Crippen molar-refractivity contribution in [1.82, 2.24) is 0 Å². The first kappa shape index (κ1) is 23.1. The summed E-state index contributed by atoms with van der Waals surface area (Å²) in [7, 11) is 0. The third-order valence-electron chi connectivity index (χ3n) is 10.2. The lowest BCUT2D eigenvalue weighted by Crippen LogP contribution is -2.51. The SMILES string of the molecule is CCCCOCCCC(O)[C@H]1CC[C@H]2[C@@H]3CC[C@@H]4C[C@](C)(O)CC[C@@H]4[C@H]3CC[C@]12C. The molecule has 4 rings (SSSR count). The van der Waals surface area contributed by atoms with Gasteiger partial charge in [-0.3, -0.25) is 0 Å². The van der Waals surface area contributed by atoms with Gasteiger partial charge in [-0.25, -0.2) is 0 Å². The topological polar surface area (TPSA) is 49.7 Å². The quantitative estimate of drug-likeness (QED) is 0.476. The summed E-state index contributed by atoms with van der Waals surface area (Å²) < 4.78 is 5.73. The Morgan fingerprint density at radius 3 is 2.47 bits per heavy atom. The van der Waals surface area contributed by atoms with Crippen LogP contribution in [0.25, 0.3) is 0 Å². The second-order valence-corrected chi connectivity index (χ2v) is 12.1. The maximum Gasteiger partial charge on any atom is 0.0622 e. The second kappa shape index (κ2) is 9.40. The van der Waals surface area contributed by atoms with E-state index < -0.39 is 5.60 Å². The van der Waals surface area contributed by atoms with Crippen LogP contribution in [0.5, 0.6) is 0 Å². The molecule has 0 heterocycles. The van der Waals surface area contributed by atoms with Crippen molar-refractivity contribution < 1.29 is 14.9 Å². The molecule has 0 amide bonds. The number of hydrogen-bond acceptors (Lipinski definition) is 3. The zero-order valence-electron chi connectivity index (χ0n) is 20.0. The van der Waals surface area contributed by atoms with Crippen molar-refractivity contribution in [3.63, 3.8) is 0 Å². The number of ether oxygens (including phenoxy) is 1. The van der Waals surface area contributed by atoms with Crippen LogP contribution in [0.3, 0.4) is 0 Å². The molecule has 4 saturated carbocycles. The smallest absolute Gasteiger partial charge is 0.0622 e. The van der Waals surface area contributed by atoms with Crippen LogP contribution in [-0.2, 0) is 4.74 Å². The van der Waals surface area contributed by atoms with E-state index in [9.17, 15) is 10.2 Å². The largest absolute Gasteiger partial charge is 0.393 e. The van der Waals surface area contributed by atoms with E-state index >= 15 is 0 Å². The monoisotopic (exact) mass is 420 g/mol. The van der Waals surface area contributed by atoms with E-state index in [-0.39, 0.29) is 6.10 Å². The number of aliphatic hydroxyl groups is 2. The minimum Gasteiger partial charge on any atom is -0.393 e. The van der Waals surface area contributed by atoms with Crippen molar-refractivity contribution >= 4 is 0 Å². The first-order valence-electron chi connectivity index (χ1n) is 13.3. The fraction of sp³-hybridized carbons (Fsp3) is 1.00. The maximum absolute atomic E-state index is 11.1. The third-order valence-corrected chi connectivity index (χ3v) is 10.2. The third kappa shape index (κ3) is 4.50. The van der Waals surface area contributed by atoms with Crippen LogP contribution < -0.4 is 0 Å². The summed E-state index contributed by atoms with van der Waals surface area (Å²) in [6.45, 7) is 8.47. The zero-order valence-corrected chi connectivity index (χ0v) is 20.0. The Morgan fingerprint density at radius 1 is 0.900 bits per heavy atom. The molecule has 0 bridgehead atoms. The number of fused-ring (bicyclic) bond motifs is 5. The molecule has 4 aliphatic rings. The van der Waals surface area contributed by atoms with Crippen molar-refractivity contribution in [1.29, 1.82) is 0 Å². The molecule has 0 aromatic heterocycles. The van der Waals surface area contributed by atoms with Gasteiger partial charge in [0.25, 0.3) is 0 Å². The number of aliphatic hydroxyl groups excluding tert-OH is 1. The Balaban J connectivity index is 1.33. The molecule has 2 N–H and O–H groups in total. The van der Waals surface area contributed by atoms with Crippen LogP contribution in [0.2, 0.25) is 0 Å². The maximum atomic E-state index is 11.1. The molecule has 0 aliphatic heterocycles. The van der Waals surface area contributed by atoms with E-state index in [1.165, 1.54) is 51.4 Å². The predicted molar refractivity (Wildman–Crippen MR) is 122 cm³/mol. The fourth-order valence-electron chi connectivity index (χ4n) is 8.70. The molecule has 3 nitrogen and oxygen atoms in total. The lowest BCUT2D eigenvalue weighted by molar-refractivity contribution is -0.108. The zero-order chi connectivity index (χ0) is 21.4. The highest BCUT2D eigenvalue weighted by Crippen LogP contribution is 2.65. The van der Waals surface area contributed by atoms with Gasteiger partial charge in [0.15, 0.2) is 0 Å². The molecule has 0 saturated heterocycles. The van der Waals surface area contributed by atoms with Crippen molar-refractivity contribution in [3.05, 3.63) is 0 Å². The van der Waals surface area contributed by atoms with E-state index in [1.54, 1.807) is 0 Å². The first-order valence-corrected chi connectivity index (χ1v) is 13.3. The summed E-state index contributed by atoms with van der Waals surface area (Å²) in [6.07, 6.45) is 15.3. The predicted octanol–water partition coefficient (Wildman–Crippen LogP) is 5.96. The van der Waals surface area contributed by atoms with Crippen LogP contribution in [0.1, 0.15) is 104 Å². The molecule has 174 valence electrons. The average Bonchev–Trinajstić information content (AvgIpc) is 3.06. The van der Waals surface area contributed by atoms with Crippen molar-refractivity contribution in [2.75, 3.05) is 13.2 Å². The number of hydrogen-bond donors (Lipinski definition) is 2. The summed E-state index contributed by atoms with van der Waals surface area (Å²) in [6, 6.07) is 0. The van der Waals surface area contributed by atoms with Gasteiger partial charge in [-0.2, -0.15) is 0 Å². The van der Waals surface area contributed by atoms with Crippen molar-refractivity contribution in [2.45, 2.75) is 116 Å². The molecule has 4 aliphatic carbocycles. The summed E-state index contributed by atoms with van der Waals surface area (Å²) >= 11 is 0. The van der Waals surface area contributed by atoms with Gasteiger partial charge in [-0.1, -0.05) is 20.3 Å². The average molecular weight is 421 g/mol. The molecule has 0 aromatic rings. The Hall–Kier alpha value is -0.120. The van der Waals surface area contributed by atoms with E-state index in [2.05, 4.69) is 20.8 Å².